The summed E-state index contributed by atoms with van der Waals surface area (Å²) < 4.78 is 28.0. The van der Waals surface area contributed by atoms with Crippen molar-refractivity contribution in [3.05, 3.63) is 52.5 Å². The largest absolute Gasteiger partial charge is 0.399 e. The third kappa shape index (κ3) is 2.65. The summed E-state index contributed by atoms with van der Waals surface area (Å²) in [5.74, 6) is 0. The molecule has 0 saturated carbocycles. The molecule has 1 aliphatic rings. The van der Waals surface area contributed by atoms with E-state index in [1.807, 2.05) is 12.1 Å². The van der Waals surface area contributed by atoms with Crippen LogP contribution >= 0.6 is 15.9 Å². The van der Waals surface area contributed by atoms with Gasteiger partial charge in [0, 0.05) is 16.7 Å². The third-order valence-corrected chi connectivity index (χ3v) is 5.87. The third-order valence-electron chi connectivity index (χ3n) is 3.57. The summed E-state index contributed by atoms with van der Waals surface area (Å²) in [7, 11) is -3.57. The van der Waals surface area contributed by atoms with Crippen LogP contribution in [0.4, 0.5) is 11.4 Å². The SMILES string of the molecule is Nc1ccc2c(c1)N(S(=O)(=O)c1cccc(Br)c1)CCC2. The highest BCUT2D eigenvalue weighted by atomic mass is 79.9. The summed E-state index contributed by atoms with van der Waals surface area (Å²) in [6.07, 6.45) is 1.68. The molecule has 0 fully saturated rings. The van der Waals surface area contributed by atoms with Crippen molar-refractivity contribution in [1.82, 2.24) is 0 Å². The second kappa shape index (κ2) is 5.35. The molecule has 2 aromatic carbocycles. The predicted molar refractivity (Wildman–Crippen MR) is 87.8 cm³/mol. The fraction of sp³-hybridized carbons (Fsp3) is 0.200. The average Bonchev–Trinajstić information content (AvgIpc) is 2.46. The minimum atomic E-state index is -3.57. The first-order valence-electron chi connectivity index (χ1n) is 6.65. The van der Waals surface area contributed by atoms with Crippen LogP contribution in [0, 0.1) is 0 Å². The first-order chi connectivity index (χ1) is 9.98. The smallest absolute Gasteiger partial charge is 0.264 e. The molecule has 2 aromatic rings. The Bertz CT molecular complexity index is 790. The van der Waals surface area contributed by atoms with Gasteiger partial charge in [-0.05, 0) is 48.7 Å². The first-order valence-corrected chi connectivity index (χ1v) is 8.88. The monoisotopic (exact) mass is 366 g/mol. The van der Waals surface area contributed by atoms with E-state index in [1.54, 1.807) is 30.3 Å². The van der Waals surface area contributed by atoms with Gasteiger partial charge in [-0.15, -0.1) is 0 Å². The molecule has 0 amide bonds. The fourth-order valence-corrected chi connectivity index (χ4v) is 4.69. The fourth-order valence-electron chi connectivity index (χ4n) is 2.56. The zero-order chi connectivity index (χ0) is 15.0. The van der Waals surface area contributed by atoms with E-state index in [1.165, 1.54) is 4.31 Å². The molecule has 1 heterocycles. The van der Waals surface area contributed by atoms with Crippen LogP contribution in [0.3, 0.4) is 0 Å². The van der Waals surface area contributed by atoms with Gasteiger partial charge in [-0.2, -0.15) is 0 Å². The number of benzene rings is 2. The minimum absolute atomic E-state index is 0.284. The van der Waals surface area contributed by atoms with Crippen molar-refractivity contribution in [2.75, 3.05) is 16.6 Å². The Morgan fingerprint density at radius 3 is 2.71 bits per heavy atom. The van der Waals surface area contributed by atoms with E-state index in [4.69, 9.17) is 5.73 Å². The van der Waals surface area contributed by atoms with Gasteiger partial charge in [0.2, 0.25) is 0 Å². The number of aryl methyl sites for hydroxylation is 1. The van der Waals surface area contributed by atoms with E-state index in [0.29, 0.717) is 17.9 Å². The number of nitrogens with two attached hydrogens (primary N) is 1. The zero-order valence-corrected chi connectivity index (χ0v) is 13.7. The van der Waals surface area contributed by atoms with E-state index in [-0.39, 0.29) is 4.90 Å². The van der Waals surface area contributed by atoms with Crippen LogP contribution in [-0.2, 0) is 16.4 Å². The molecule has 0 radical (unpaired) electrons. The summed E-state index contributed by atoms with van der Waals surface area (Å²) in [5.41, 5.74) is 8.11. The zero-order valence-electron chi connectivity index (χ0n) is 11.3. The summed E-state index contributed by atoms with van der Waals surface area (Å²) in [4.78, 5) is 0.284. The molecule has 0 atom stereocenters. The van der Waals surface area contributed by atoms with Crippen molar-refractivity contribution in [2.45, 2.75) is 17.7 Å². The van der Waals surface area contributed by atoms with Crippen molar-refractivity contribution in [3.63, 3.8) is 0 Å². The quantitative estimate of drug-likeness (QED) is 0.830. The molecular weight excluding hydrogens is 352 g/mol. The second-order valence-corrected chi connectivity index (χ2v) is 7.80. The number of hydrogen-bond acceptors (Lipinski definition) is 3. The van der Waals surface area contributed by atoms with E-state index in [0.717, 1.165) is 22.9 Å². The summed E-state index contributed by atoms with van der Waals surface area (Å²) in [6.45, 7) is 0.477. The Morgan fingerprint density at radius 2 is 1.95 bits per heavy atom. The van der Waals surface area contributed by atoms with Gasteiger partial charge >= 0.3 is 0 Å². The molecule has 0 spiro atoms. The number of rotatable bonds is 2. The number of sulfonamides is 1. The molecule has 4 nitrogen and oxygen atoms in total. The Kier molecular flexibility index (Phi) is 3.67. The average molecular weight is 367 g/mol. The highest BCUT2D eigenvalue weighted by Crippen LogP contribution is 2.33. The Balaban J connectivity index is 2.11. The van der Waals surface area contributed by atoms with Crippen LogP contribution in [0.1, 0.15) is 12.0 Å². The molecule has 0 unspecified atom stereocenters. The molecule has 0 aliphatic carbocycles. The maximum absolute atomic E-state index is 12.9. The highest BCUT2D eigenvalue weighted by molar-refractivity contribution is 9.10. The molecule has 1 aliphatic heterocycles. The van der Waals surface area contributed by atoms with Gasteiger partial charge in [-0.1, -0.05) is 28.1 Å². The maximum atomic E-state index is 12.9. The summed E-state index contributed by atoms with van der Waals surface area (Å²) >= 11 is 3.32. The maximum Gasteiger partial charge on any atom is 0.264 e. The Labute approximate surface area is 132 Å². The van der Waals surface area contributed by atoms with Crippen molar-refractivity contribution in [2.24, 2.45) is 0 Å². The van der Waals surface area contributed by atoms with E-state index in [2.05, 4.69) is 15.9 Å². The van der Waals surface area contributed by atoms with Gasteiger partial charge in [-0.3, -0.25) is 4.31 Å². The van der Waals surface area contributed by atoms with Gasteiger partial charge in [0.05, 0.1) is 10.6 Å². The molecule has 21 heavy (non-hydrogen) atoms. The molecule has 0 saturated heterocycles. The molecular formula is C15H15BrN2O2S. The summed E-state index contributed by atoms with van der Waals surface area (Å²) in [5, 5.41) is 0. The normalized spacial score (nSPS) is 14.8. The van der Waals surface area contributed by atoms with Crippen molar-refractivity contribution in [3.8, 4) is 0 Å². The van der Waals surface area contributed by atoms with Gasteiger partial charge in [0.1, 0.15) is 0 Å². The Hall–Kier alpha value is -1.53. The van der Waals surface area contributed by atoms with Crippen molar-refractivity contribution in [1.29, 1.82) is 0 Å². The predicted octanol–water partition coefficient (Wildman–Crippen LogP) is 3.17. The Morgan fingerprint density at radius 1 is 1.14 bits per heavy atom. The van der Waals surface area contributed by atoms with E-state index in [9.17, 15) is 8.42 Å². The lowest BCUT2D eigenvalue weighted by atomic mass is 10.0. The number of anilines is 2. The molecule has 2 N–H and O–H groups in total. The van der Waals surface area contributed by atoms with Crippen LogP contribution in [0.25, 0.3) is 0 Å². The number of nitrogen functional groups attached to an aromatic ring is 1. The van der Waals surface area contributed by atoms with Crippen LogP contribution in [0.2, 0.25) is 0 Å². The first kappa shape index (κ1) is 14.4. The molecule has 6 heteroatoms. The van der Waals surface area contributed by atoms with Crippen LogP contribution in [-0.4, -0.2) is 15.0 Å². The number of halogens is 1. The standard InChI is InChI=1S/C15H15BrN2O2S/c16-12-4-1-5-14(9-12)21(19,20)18-8-2-3-11-6-7-13(17)10-15(11)18/h1,4-7,9-10H,2-3,8,17H2. The van der Waals surface area contributed by atoms with E-state index >= 15 is 0 Å². The van der Waals surface area contributed by atoms with Gasteiger partial charge < -0.3 is 5.73 Å². The second-order valence-electron chi connectivity index (χ2n) is 5.03. The van der Waals surface area contributed by atoms with Crippen molar-refractivity contribution >= 4 is 37.3 Å². The number of fused-ring (bicyclic) bond motifs is 1. The molecule has 3 rings (SSSR count). The van der Waals surface area contributed by atoms with Crippen LogP contribution < -0.4 is 10.0 Å². The lowest BCUT2D eigenvalue weighted by molar-refractivity contribution is 0.586. The topological polar surface area (TPSA) is 63.4 Å². The molecule has 110 valence electrons. The van der Waals surface area contributed by atoms with Gasteiger partial charge in [0.25, 0.3) is 10.0 Å². The molecule has 0 bridgehead atoms. The number of hydrogen-bond donors (Lipinski definition) is 1. The van der Waals surface area contributed by atoms with Gasteiger partial charge in [0.15, 0.2) is 0 Å². The van der Waals surface area contributed by atoms with E-state index < -0.39 is 10.0 Å². The van der Waals surface area contributed by atoms with Crippen LogP contribution in [0.5, 0.6) is 0 Å². The summed E-state index contributed by atoms with van der Waals surface area (Å²) in [6, 6.07) is 12.2. The lowest BCUT2D eigenvalue weighted by Crippen LogP contribution is -2.35. The lowest BCUT2D eigenvalue weighted by Gasteiger charge is -2.30. The van der Waals surface area contributed by atoms with Crippen molar-refractivity contribution < 1.29 is 8.42 Å². The van der Waals surface area contributed by atoms with Crippen LogP contribution in [0.15, 0.2) is 51.8 Å². The highest BCUT2D eigenvalue weighted by Gasteiger charge is 2.29. The molecule has 0 aromatic heterocycles. The van der Waals surface area contributed by atoms with Gasteiger partial charge in [-0.25, -0.2) is 8.42 Å². The minimum Gasteiger partial charge on any atom is -0.399 e. The number of nitrogens with zero attached hydrogens (tertiary/aromatic N) is 1.